The number of rotatable bonds is 2. The molecule has 0 N–H and O–H groups in total. The molecule has 3 nitrogen and oxygen atoms in total. The Balaban J connectivity index is 3.05. The van der Waals surface area contributed by atoms with E-state index in [9.17, 15) is 4.79 Å². The van der Waals surface area contributed by atoms with E-state index in [2.05, 4.69) is 46.1 Å². The lowest BCUT2D eigenvalue weighted by atomic mass is 9.87. The maximum Gasteiger partial charge on any atom is 0.246 e. The number of carbonyl (C=O) groups is 1. The molecule has 0 aromatic carbocycles. The maximum absolute atomic E-state index is 12.0. The summed E-state index contributed by atoms with van der Waals surface area (Å²) in [6.07, 6.45) is 1.42. The number of hydrogen-bond acceptors (Lipinski definition) is 2. The summed E-state index contributed by atoms with van der Waals surface area (Å²) in [5, 5.41) is 0. The highest BCUT2D eigenvalue weighted by Gasteiger charge is 2.45. The van der Waals surface area contributed by atoms with Gasteiger partial charge in [-0.1, -0.05) is 13.5 Å². The molecule has 0 unspecified atom stereocenters. The van der Waals surface area contributed by atoms with Crippen LogP contribution in [-0.2, 0) is 4.79 Å². The molecule has 0 spiro atoms. The number of piperazine rings is 1. The third-order valence-electron chi connectivity index (χ3n) is 3.27. The van der Waals surface area contributed by atoms with Gasteiger partial charge in [-0.25, -0.2) is 0 Å². The third-order valence-corrected chi connectivity index (χ3v) is 3.27. The van der Waals surface area contributed by atoms with E-state index in [0.717, 1.165) is 19.6 Å². The van der Waals surface area contributed by atoms with Crippen molar-refractivity contribution >= 4 is 5.91 Å². The van der Waals surface area contributed by atoms with Crippen molar-refractivity contribution in [1.29, 1.82) is 0 Å². The molecule has 1 aliphatic heterocycles. The minimum atomic E-state index is -0.136. The molecule has 1 heterocycles. The van der Waals surface area contributed by atoms with Crippen LogP contribution in [0.1, 0.15) is 34.6 Å². The molecule has 0 atom stereocenters. The van der Waals surface area contributed by atoms with E-state index in [1.807, 2.05) is 4.90 Å². The van der Waals surface area contributed by atoms with Gasteiger partial charge in [0, 0.05) is 13.1 Å². The Morgan fingerprint density at radius 2 is 1.69 bits per heavy atom. The largest absolute Gasteiger partial charge is 0.326 e. The van der Waals surface area contributed by atoms with Crippen LogP contribution in [0.25, 0.3) is 0 Å². The van der Waals surface area contributed by atoms with E-state index < -0.39 is 0 Å². The molecule has 0 radical (unpaired) electrons. The first-order chi connectivity index (χ1) is 7.24. The van der Waals surface area contributed by atoms with E-state index in [-0.39, 0.29) is 17.0 Å². The van der Waals surface area contributed by atoms with Crippen LogP contribution in [-0.4, -0.2) is 46.4 Å². The summed E-state index contributed by atoms with van der Waals surface area (Å²) in [5.41, 5.74) is -0.272. The van der Waals surface area contributed by atoms with Crippen molar-refractivity contribution in [3.8, 4) is 0 Å². The Hall–Kier alpha value is -0.830. The third kappa shape index (κ3) is 2.29. The molecule has 0 aromatic rings. The molecule has 0 bridgehead atoms. The zero-order valence-electron chi connectivity index (χ0n) is 11.2. The summed E-state index contributed by atoms with van der Waals surface area (Å²) in [6.45, 7) is 17.1. The summed E-state index contributed by atoms with van der Waals surface area (Å²) in [6, 6.07) is 0. The number of nitrogens with zero attached hydrogens (tertiary/aromatic N) is 2. The first-order valence-electron chi connectivity index (χ1n) is 5.93. The molecule has 0 aromatic heterocycles. The quantitative estimate of drug-likeness (QED) is 0.669. The fourth-order valence-corrected chi connectivity index (χ4v) is 3.02. The van der Waals surface area contributed by atoms with Crippen molar-refractivity contribution in [2.45, 2.75) is 45.7 Å². The van der Waals surface area contributed by atoms with Gasteiger partial charge in [0.05, 0.1) is 11.1 Å². The van der Waals surface area contributed by atoms with Crippen LogP contribution in [0.4, 0.5) is 0 Å². The van der Waals surface area contributed by atoms with Gasteiger partial charge in [0.2, 0.25) is 5.91 Å². The molecule has 1 saturated heterocycles. The minimum Gasteiger partial charge on any atom is -0.326 e. The van der Waals surface area contributed by atoms with Gasteiger partial charge in [-0.2, -0.15) is 0 Å². The summed E-state index contributed by atoms with van der Waals surface area (Å²) in [7, 11) is 0. The molecular weight excluding hydrogens is 200 g/mol. The maximum atomic E-state index is 12.0. The van der Waals surface area contributed by atoms with Crippen LogP contribution in [0.5, 0.6) is 0 Å². The number of hydrogen-bond donors (Lipinski definition) is 0. The lowest BCUT2D eigenvalue weighted by molar-refractivity contribution is -0.147. The molecule has 3 heteroatoms. The minimum absolute atomic E-state index is 0.0331. The molecular formula is C13H24N2O. The average molecular weight is 224 g/mol. The van der Waals surface area contributed by atoms with Crippen molar-refractivity contribution in [1.82, 2.24) is 9.80 Å². The zero-order valence-corrected chi connectivity index (χ0v) is 11.2. The van der Waals surface area contributed by atoms with Crippen molar-refractivity contribution < 1.29 is 4.79 Å². The highest BCUT2D eigenvalue weighted by molar-refractivity contribution is 5.88. The van der Waals surface area contributed by atoms with Crippen LogP contribution >= 0.6 is 0 Å². The molecule has 1 rings (SSSR count). The molecule has 92 valence electrons. The zero-order chi connectivity index (χ0) is 12.6. The van der Waals surface area contributed by atoms with Gasteiger partial charge >= 0.3 is 0 Å². The van der Waals surface area contributed by atoms with E-state index >= 15 is 0 Å². The van der Waals surface area contributed by atoms with Crippen LogP contribution < -0.4 is 0 Å². The number of carbonyl (C=O) groups excluding carboxylic acids is 1. The predicted octanol–water partition coefficient (Wildman–Crippen LogP) is 1.89. The molecule has 0 saturated carbocycles. The van der Waals surface area contributed by atoms with Crippen molar-refractivity contribution in [2.24, 2.45) is 0 Å². The standard InChI is InChI=1S/C13H24N2O/c1-7-11(16)15-12(3,4)9-14(8-2)10-13(15,5)6/h7H,1,8-10H2,2-6H3. The van der Waals surface area contributed by atoms with E-state index in [1.165, 1.54) is 6.08 Å². The summed E-state index contributed by atoms with van der Waals surface area (Å²) >= 11 is 0. The Morgan fingerprint density at radius 3 is 2.00 bits per heavy atom. The fourth-order valence-electron chi connectivity index (χ4n) is 3.02. The number of amides is 1. The van der Waals surface area contributed by atoms with Gasteiger partial charge in [-0.05, 0) is 40.3 Å². The summed E-state index contributed by atoms with van der Waals surface area (Å²) in [4.78, 5) is 16.3. The molecule has 16 heavy (non-hydrogen) atoms. The fraction of sp³-hybridized carbons (Fsp3) is 0.769. The highest BCUT2D eigenvalue weighted by Crippen LogP contribution is 2.32. The molecule has 1 fully saturated rings. The second kappa shape index (κ2) is 4.21. The second-order valence-corrected chi connectivity index (χ2v) is 5.81. The van der Waals surface area contributed by atoms with Gasteiger partial charge < -0.3 is 4.90 Å². The van der Waals surface area contributed by atoms with Gasteiger partial charge in [0.15, 0.2) is 0 Å². The van der Waals surface area contributed by atoms with Gasteiger partial charge in [-0.3, -0.25) is 9.69 Å². The van der Waals surface area contributed by atoms with Gasteiger partial charge in [0.25, 0.3) is 0 Å². The van der Waals surface area contributed by atoms with Crippen molar-refractivity contribution in [2.75, 3.05) is 19.6 Å². The summed E-state index contributed by atoms with van der Waals surface area (Å²) < 4.78 is 0. The molecule has 0 aliphatic carbocycles. The smallest absolute Gasteiger partial charge is 0.246 e. The Morgan fingerprint density at radius 1 is 1.25 bits per heavy atom. The number of likely N-dealkylation sites (N-methyl/N-ethyl adjacent to an activating group) is 1. The van der Waals surface area contributed by atoms with Crippen LogP contribution in [0.3, 0.4) is 0 Å². The summed E-state index contributed by atoms with van der Waals surface area (Å²) in [5.74, 6) is 0.0331. The van der Waals surface area contributed by atoms with Crippen LogP contribution in [0.2, 0.25) is 0 Å². The van der Waals surface area contributed by atoms with Crippen LogP contribution in [0, 0.1) is 0 Å². The topological polar surface area (TPSA) is 23.6 Å². The molecule has 1 aliphatic rings. The Kier molecular flexibility index (Phi) is 3.48. The second-order valence-electron chi connectivity index (χ2n) is 5.81. The van der Waals surface area contributed by atoms with Gasteiger partial charge in [0.1, 0.15) is 0 Å². The predicted molar refractivity (Wildman–Crippen MR) is 67.3 cm³/mol. The van der Waals surface area contributed by atoms with E-state index in [1.54, 1.807) is 0 Å². The van der Waals surface area contributed by atoms with Crippen molar-refractivity contribution in [3.63, 3.8) is 0 Å². The SMILES string of the molecule is C=CC(=O)N1C(C)(C)CN(CC)CC1(C)C. The first kappa shape index (κ1) is 13.2. The van der Waals surface area contributed by atoms with Crippen LogP contribution in [0.15, 0.2) is 12.7 Å². The molecule has 1 amide bonds. The first-order valence-corrected chi connectivity index (χ1v) is 5.93. The Labute approximate surface area is 99.1 Å². The highest BCUT2D eigenvalue weighted by atomic mass is 16.2. The monoisotopic (exact) mass is 224 g/mol. The normalized spacial score (nSPS) is 24.2. The van der Waals surface area contributed by atoms with Gasteiger partial charge in [-0.15, -0.1) is 0 Å². The average Bonchev–Trinajstić information content (AvgIpc) is 2.13. The Bertz CT molecular complexity index is 276. The van der Waals surface area contributed by atoms with E-state index in [4.69, 9.17) is 0 Å². The van der Waals surface area contributed by atoms with E-state index in [0.29, 0.717) is 0 Å². The van der Waals surface area contributed by atoms with Crippen molar-refractivity contribution in [3.05, 3.63) is 12.7 Å². The lowest BCUT2D eigenvalue weighted by Crippen LogP contribution is -2.69. The lowest BCUT2D eigenvalue weighted by Gasteiger charge is -2.56.